The van der Waals surface area contributed by atoms with E-state index in [2.05, 4.69) is 15.3 Å². The molecule has 1 aromatic heterocycles. The lowest BCUT2D eigenvalue weighted by Gasteiger charge is -2.24. The molecule has 0 radical (unpaired) electrons. The van der Waals surface area contributed by atoms with Crippen molar-refractivity contribution in [2.75, 3.05) is 24.5 Å². The predicted molar refractivity (Wildman–Crippen MR) is 80.6 cm³/mol. The zero-order valence-electron chi connectivity index (χ0n) is 12.0. The van der Waals surface area contributed by atoms with E-state index in [1.165, 1.54) is 17.5 Å². The van der Waals surface area contributed by atoms with Crippen molar-refractivity contribution in [2.45, 2.75) is 38.8 Å². The molecule has 1 aromatic rings. The second-order valence-electron chi connectivity index (χ2n) is 6.06. The van der Waals surface area contributed by atoms with Gasteiger partial charge in [0, 0.05) is 19.1 Å². The van der Waals surface area contributed by atoms with Crippen molar-refractivity contribution >= 4 is 17.3 Å². The molecule has 3 rings (SSSR count). The van der Waals surface area contributed by atoms with E-state index < -0.39 is 0 Å². The Morgan fingerprint density at radius 1 is 1.45 bits per heavy atom. The van der Waals surface area contributed by atoms with E-state index in [9.17, 15) is 4.79 Å². The topological polar surface area (TPSA) is 50.2 Å². The molecule has 6 heteroatoms. The Bertz CT molecular complexity index is 543. The van der Waals surface area contributed by atoms with Crippen molar-refractivity contribution in [1.82, 2.24) is 15.1 Å². The van der Waals surface area contributed by atoms with E-state index in [0.29, 0.717) is 17.0 Å². The van der Waals surface area contributed by atoms with Gasteiger partial charge in [0.15, 0.2) is 0 Å². The number of nitrogens with one attached hydrogen (secondary N) is 1. The van der Waals surface area contributed by atoms with Crippen LogP contribution in [0.1, 0.15) is 32.7 Å². The summed E-state index contributed by atoms with van der Waals surface area (Å²) in [6.07, 6.45) is 4.22. The van der Waals surface area contributed by atoms with Crippen LogP contribution in [0.25, 0.3) is 0 Å². The summed E-state index contributed by atoms with van der Waals surface area (Å²) in [5.41, 5.74) is 0.590. The van der Waals surface area contributed by atoms with Crippen LogP contribution in [0.15, 0.2) is 11.0 Å². The number of hydrogen-bond donors (Lipinski definition) is 1. The van der Waals surface area contributed by atoms with E-state index in [-0.39, 0.29) is 11.6 Å². The molecular weight excluding hydrogens is 276 g/mol. The summed E-state index contributed by atoms with van der Waals surface area (Å²) in [5.74, 6) is 0.660. The van der Waals surface area contributed by atoms with Gasteiger partial charge in [0.25, 0.3) is 5.56 Å². The third-order valence-electron chi connectivity index (χ3n) is 4.35. The molecule has 1 N–H and O–H groups in total. The fourth-order valence-corrected chi connectivity index (χ4v) is 3.52. The Hall–Kier alpha value is -1.07. The van der Waals surface area contributed by atoms with Gasteiger partial charge >= 0.3 is 0 Å². The van der Waals surface area contributed by atoms with Crippen molar-refractivity contribution in [2.24, 2.45) is 5.92 Å². The molecule has 2 unspecified atom stereocenters. The van der Waals surface area contributed by atoms with E-state index >= 15 is 0 Å². The van der Waals surface area contributed by atoms with E-state index in [0.717, 1.165) is 25.3 Å². The van der Waals surface area contributed by atoms with Crippen molar-refractivity contribution in [3.05, 3.63) is 21.6 Å². The highest BCUT2D eigenvalue weighted by molar-refractivity contribution is 6.33. The summed E-state index contributed by atoms with van der Waals surface area (Å²) in [5, 5.41) is 8.11. The predicted octanol–water partition coefficient (Wildman–Crippen LogP) is 1.67. The number of nitrogens with zero attached hydrogens (tertiary/aromatic N) is 3. The fourth-order valence-electron chi connectivity index (χ4n) is 3.27. The molecular formula is C14H21ClN4O. The molecule has 2 aliphatic heterocycles. The lowest BCUT2D eigenvalue weighted by molar-refractivity contribution is 0.340. The van der Waals surface area contributed by atoms with Crippen molar-refractivity contribution in [3.8, 4) is 0 Å². The highest BCUT2D eigenvalue weighted by Crippen LogP contribution is 2.31. The molecule has 3 heterocycles. The molecule has 0 saturated carbocycles. The average molecular weight is 297 g/mol. The van der Waals surface area contributed by atoms with Crippen LogP contribution in [0.3, 0.4) is 0 Å². The zero-order valence-corrected chi connectivity index (χ0v) is 12.7. The normalized spacial score (nSPS) is 26.1. The first-order valence-corrected chi connectivity index (χ1v) is 7.71. The number of fused-ring (bicyclic) bond motifs is 1. The number of aromatic nitrogens is 2. The van der Waals surface area contributed by atoms with Gasteiger partial charge in [-0.15, -0.1) is 0 Å². The molecule has 110 valence electrons. The smallest absolute Gasteiger partial charge is 0.287 e. The average Bonchev–Trinajstić information content (AvgIpc) is 2.84. The minimum atomic E-state index is -0.193. The largest absolute Gasteiger partial charge is 0.367 e. The van der Waals surface area contributed by atoms with Gasteiger partial charge in [0.1, 0.15) is 5.02 Å². The first kappa shape index (κ1) is 13.9. The van der Waals surface area contributed by atoms with Gasteiger partial charge in [-0.05, 0) is 39.2 Å². The highest BCUT2D eigenvalue weighted by Gasteiger charge is 2.35. The second kappa shape index (κ2) is 5.37. The second-order valence-corrected chi connectivity index (χ2v) is 6.43. The van der Waals surface area contributed by atoms with Crippen LogP contribution in [0.4, 0.5) is 5.69 Å². The molecule has 0 spiro atoms. The Labute approximate surface area is 123 Å². The molecule has 2 fully saturated rings. The summed E-state index contributed by atoms with van der Waals surface area (Å²) in [7, 11) is 0. The fraction of sp³-hybridized carbons (Fsp3) is 0.714. The molecule has 20 heavy (non-hydrogen) atoms. The van der Waals surface area contributed by atoms with Gasteiger partial charge in [-0.1, -0.05) is 11.6 Å². The zero-order chi connectivity index (χ0) is 14.3. The van der Waals surface area contributed by atoms with Gasteiger partial charge in [0.05, 0.1) is 17.9 Å². The third-order valence-corrected chi connectivity index (χ3v) is 4.71. The number of halogens is 1. The van der Waals surface area contributed by atoms with Crippen molar-refractivity contribution in [3.63, 3.8) is 0 Å². The van der Waals surface area contributed by atoms with Crippen LogP contribution in [-0.4, -0.2) is 35.5 Å². The molecule has 2 saturated heterocycles. The van der Waals surface area contributed by atoms with Crippen molar-refractivity contribution < 1.29 is 0 Å². The quantitative estimate of drug-likeness (QED) is 0.902. The molecule has 0 bridgehead atoms. The van der Waals surface area contributed by atoms with Gasteiger partial charge in [0.2, 0.25) is 0 Å². The Balaban J connectivity index is 1.88. The lowest BCUT2D eigenvalue weighted by atomic mass is 9.94. The SMILES string of the molecule is CC(C)n1ncc(N2CC3CCCNC3C2)c(Cl)c1=O. The molecule has 2 aliphatic rings. The number of piperidine rings is 1. The standard InChI is InChI=1S/C14H21ClN4O/c1-9(2)19-14(20)13(15)12(6-17-19)18-7-10-4-3-5-16-11(10)8-18/h6,9-11,16H,3-5,7-8H2,1-2H3. The van der Waals surface area contributed by atoms with Crippen LogP contribution < -0.4 is 15.8 Å². The van der Waals surface area contributed by atoms with Gasteiger partial charge in [-0.25, -0.2) is 4.68 Å². The summed E-state index contributed by atoms with van der Waals surface area (Å²) < 4.78 is 1.44. The Morgan fingerprint density at radius 3 is 2.95 bits per heavy atom. The van der Waals surface area contributed by atoms with Crippen LogP contribution in [0.5, 0.6) is 0 Å². The maximum atomic E-state index is 12.2. The van der Waals surface area contributed by atoms with E-state index in [1.54, 1.807) is 6.20 Å². The van der Waals surface area contributed by atoms with Gasteiger partial charge in [-0.3, -0.25) is 4.79 Å². The maximum absolute atomic E-state index is 12.2. The molecule has 0 aromatic carbocycles. The number of rotatable bonds is 2. The minimum Gasteiger partial charge on any atom is -0.367 e. The number of anilines is 1. The van der Waals surface area contributed by atoms with E-state index in [4.69, 9.17) is 11.6 Å². The molecule has 2 atom stereocenters. The van der Waals surface area contributed by atoms with Crippen LogP contribution in [0, 0.1) is 5.92 Å². The number of hydrogen-bond acceptors (Lipinski definition) is 4. The minimum absolute atomic E-state index is 0.0249. The molecule has 0 aliphatic carbocycles. The summed E-state index contributed by atoms with van der Waals surface area (Å²) in [4.78, 5) is 14.4. The monoisotopic (exact) mass is 296 g/mol. The lowest BCUT2D eigenvalue weighted by Crippen LogP contribution is -2.40. The van der Waals surface area contributed by atoms with Crippen LogP contribution in [0.2, 0.25) is 5.02 Å². The van der Waals surface area contributed by atoms with E-state index in [1.807, 2.05) is 13.8 Å². The van der Waals surface area contributed by atoms with Crippen LogP contribution in [-0.2, 0) is 0 Å². The van der Waals surface area contributed by atoms with Gasteiger partial charge in [-0.2, -0.15) is 5.10 Å². The van der Waals surface area contributed by atoms with Crippen molar-refractivity contribution in [1.29, 1.82) is 0 Å². The van der Waals surface area contributed by atoms with Gasteiger partial charge < -0.3 is 10.2 Å². The molecule has 0 amide bonds. The Morgan fingerprint density at radius 2 is 2.25 bits per heavy atom. The first-order valence-electron chi connectivity index (χ1n) is 7.33. The Kier molecular flexibility index (Phi) is 3.73. The third kappa shape index (κ3) is 2.33. The highest BCUT2D eigenvalue weighted by atomic mass is 35.5. The summed E-state index contributed by atoms with van der Waals surface area (Å²) in [6.45, 7) is 6.83. The summed E-state index contributed by atoms with van der Waals surface area (Å²) >= 11 is 6.28. The summed E-state index contributed by atoms with van der Waals surface area (Å²) in [6, 6.07) is 0.546. The maximum Gasteiger partial charge on any atom is 0.287 e. The molecule has 5 nitrogen and oxygen atoms in total. The first-order chi connectivity index (χ1) is 9.58. The van der Waals surface area contributed by atoms with Crippen LogP contribution >= 0.6 is 11.6 Å².